The first kappa shape index (κ1) is 16.8. The molecule has 1 rings (SSSR count). The first-order valence-electron chi connectivity index (χ1n) is 6.74. The number of nitrogens with zero attached hydrogens (tertiary/aromatic N) is 1. The van der Waals surface area contributed by atoms with E-state index in [-0.39, 0.29) is 32.0 Å². The van der Waals surface area contributed by atoms with Crippen LogP contribution in [0.2, 0.25) is 0 Å². The SMILES string of the molecule is C=CCN(CC(=O)O)C(=O)CCOc1cc(C)ccc1C. The minimum absolute atomic E-state index is 0.133. The number of hydrogen-bond acceptors (Lipinski definition) is 3. The van der Waals surface area contributed by atoms with Crippen molar-refractivity contribution in [3.8, 4) is 5.75 Å². The predicted molar refractivity (Wildman–Crippen MR) is 80.4 cm³/mol. The molecule has 0 heterocycles. The van der Waals surface area contributed by atoms with Crippen LogP contribution < -0.4 is 4.74 Å². The fourth-order valence-corrected chi connectivity index (χ4v) is 1.84. The Kier molecular flexibility index (Phi) is 6.46. The van der Waals surface area contributed by atoms with Crippen LogP contribution in [0.4, 0.5) is 0 Å². The standard InChI is InChI=1S/C16H21NO4/c1-4-8-17(11-16(19)20)15(18)7-9-21-14-10-12(2)5-6-13(14)3/h4-6,10H,1,7-9,11H2,2-3H3,(H,19,20). The van der Waals surface area contributed by atoms with Crippen LogP contribution in [-0.2, 0) is 9.59 Å². The lowest BCUT2D eigenvalue weighted by Crippen LogP contribution is -2.36. The van der Waals surface area contributed by atoms with Crippen LogP contribution in [0.1, 0.15) is 17.5 Å². The molecular formula is C16H21NO4. The summed E-state index contributed by atoms with van der Waals surface area (Å²) in [7, 11) is 0. The lowest BCUT2D eigenvalue weighted by atomic mass is 10.1. The van der Waals surface area contributed by atoms with E-state index in [1.54, 1.807) is 0 Å². The number of carboxylic acid groups (broad SMARTS) is 1. The van der Waals surface area contributed by atoms with E-state index in [1.165, 1.54) is 11.0 Å². The topological polar surface area (TPSA) is 66.8 Å². The van der Waals surface area contributed by atoms with Gasteiger partial charge >= 0.3 is 5.97 Å². The van der Waals surface area contributed by atoms with E-state index in [1.807, 2.05) is 32.0 Å². The highest BCUT2D eigenvalue weighted by Gasteiger charge is 2.15. The van der Waals surface area contributed by atoms with Crippen LogP contribution >= 0.6 is 0 Å². The molecule has 0 aromatic heterocycles. The van der Waals surface area contributed by atoms with Gasteiger partial charge in [-0.1, -0.05) is 18.2 Å². The van der Waals surface area contributed by atoms with Gasteiger partial charge in [-0.15, -0.1) is 6.58 Å². The number of carbonyl (C=O) groups excluding carboxylic acids is 1. The first-order chi connectivity index (χ1) is 9.93. The van der Waals surface area contributed by atoms with Gasteiger partial charge in [-0.3, -0.25) is 9.59 Å². The van der Waals surface area contributed by atoms with Crippen LogP contribution in [0.15, 0.2) is 30.9 Å². The number of carbonyl (C=O) groups is 2. The summed E-state index contributed by atoms with van der Waals surface area (Å²) in [5.41, 5.74) is 2.09. The van der Waals surface area contributed by atoms with Gasteiger partial charge in [0.2, 0.25) is 5.91 Å². The highest BCUT2D eigenvalue weighted by molar-refractivity contribution is 5.81. The predicted octanol–water partition coefficient (Wildman–Crippen LogP) is 2.17. The van der Waals surface area contributed by atoms with E-state index in [9.17, 15) is 9.59 Å². The van der Waals surface area contributed by atoms with Crippen molar-refractivity contribution < 1.29 is 19.4 Å². The second-order valence-corrected chi connectivity index (χ2v) is 4.82. The summed E-state index contributed by atoms with van der Waals surface area (Å²) in [6, 6.07) is 5.87. The number of benzene rings is 1. The van der Waals surface area contributed by atoms with Crippen LogP contribution in [0, 0.1) is 13.8 Å². The largest absolute Gasteiger partial charge is 0.493 e. The van der Waals surface area contributed by atoms with Crippen molar-refractivity contribution in [2.45, 2.75) is 20.3 Å². The number of aliphatic carboxylic acids is 1. The molecular weight excluding hydrogens is 270 g/mol. The van der Waals surface area contributed by atoms with Crippen molar-refractivity contribution in [2.75, 3.05) is 19.7 Å². The van der Waals surface area contributed by atoms with Crippen molar-refractivity contribution in [2.24, 2.45) is 0 Å². The van der Waals surface area contributed by atoms with Crippen molar-refractivity contribution in [1.82, 2.24) is 4.90 Å². The number of ether oxygens (including phenoxy) is 1. The summed E-state index contributed by atoms with van der Waals surface area (Å²) in [6.45, 7) is 7.54. The average Bonchev–Trinajstić information content (AvgIpc) is 2.41. The molecule has 0 bridgehead atoms. The van der Waals surface area contributed by atoms with Crippen LogP contribution in [0.25, 0.3) is 0 Å². The summed E-state index contributed by atoms with van der Waals surface area (Å²) in [5.74, 6) is -0.556. The molecule has 1 amide bonds. The molecule has 0 atom stereocenters. The Hall–Kier alpha value is -2.30. The third kappa shape index (κ3) is 5.69. The van der Waals surface area contributed by atoms with Gasteiger partial charge in [0, 0.05) is 6.54 Å². The third-order valence-corrected chi connectivity index (χ3v) is 2.95. The number of amides is 1. The second kappa shape index (κ2) is 8.09. The summed E-state index contributed by atoms with van der Waals surface area (Å²) in [5, 5.41) is 8.77. The van der Waals surface area contributed by atoms with Gasteiger partial charge < -0.3 is 14.7 Å². The Labute approximate surface area is 124 Å². The van der Waals surface area contributed by atoms with E-state index in [4.69, 9.17) is 9.84 Å². The molecule has 0 aliphatic heterocycles. The Morgan fingerprint density at radius 2 is 2.10 bits per heavy atom. The molecule has 0 spiro atoms. The molecule has 1 N–H and O–H groups in total. The number of aryl methyl sites for hydroxylation is 2. The van der Waals surface area contributed by atoms with Gasteiger partial charge in [-0.05, 0) is 31.0 Å². The quantitative estimate of drug-likeness (QED) is 0.745. The lowest BCUT2D eigenvalue weighted by Gasteiger charge is -2.19. The molecule has 21 heavy (non-hydrogen) atoms. The van der Waals surface area contributed by atoms with Crippen molar-refractivity contribution in [3.05, 3.63) is 42.0 Å². The monoisotopic (exact) mass is 291 g/mol. The average molecular weight is 291 g/mol. The Morgan fingerprint density at radius 1 is 1.38 bits per heavy atom. The fraction of sp³-hybridized carbons (Fsp3) is 0.375. The Bertz CT molecular complexity index is 525. The second-order valence-electron chi connectivity index (χ2n) is 4.82. The van der Waals surface area contributed by atoms with Gasteiger partial charge in [0.1, 0.15) is 12.3 Å². The minimum Gasteiger partial charge on any atom is -0.493 e. The molecule has 114 valence electrons. The smallest absolute Gasteiger partial charge is 0.323 e. The fourth-order valence-electron chi connectivity index (χ4n) is 1.84. The first-order valence-corrected chi connectivity index (χ1v) is 6.74. The number of hydrogen-bond donors (Lipinski definition) is 1. The molecule has 0 fully saturated rings. The molecule has 0 saturated heterocycles. The molecule has 0 aliphatic rings. The highest BCUT2D eigenvalue weighted by atomic mass is 16.5. The van der Waals surface area contributed by atoms with Crippen LogP contribution in [0.3, 0.4) is 0 Å². The lowest BCUT2D eigenvalue weighted by molar-refractivity contribution is -0.144. The minimum atomic E-state index is -1.04. The summed E-state index contributed by atoms with van der Waals surface area (Å²) < 4.78 is 5.60. The van der Waals surface area contributed by atoms with E-state index >= 15 is 0 Å². The maximum atomic E-state index is 11.9. The molecule has 0 radical (unpaired) electrons. The molecule has 0 unspecified atom stereocenters. The van der Waals surface area contributed by atoms with Gasteiger partial charge in [0.25, 0.3) is 0 Å². The van der Waals surface area contributed by atoms with Crippen molar-refractivity contribution in [1.29, 1.82) is 0 Å². The summed E-state index contributed by atoms with van der Waals surface area (Å²) in [4.78, 5) is 23.9. The maximum Gasteiger partial charge on any atom is 0.323 e. The Morgan fingerprint density at radius 3 is 2.71 bits per heavy atom. The van der Waals surface area contributed by atoms with E-state index in [0.29, 0.717) is 0 Å². The Balaban J connectivity index is 2.53. The van der Waals surface area contributed by atoms with E-state index in [0.717, 1.165) is 16.9 Å². The van der Waals surface area contributed by atoms with Crippen molar-refractivity contribution in [3.63, 3.8) is 0 Å². The molecule has 0 aliphatic carbocycles. The van der Waals surface area contributed by atoms with Gasteiger partial charge in [-0.25, -0.2) is 0 Å². The third-order valence-electron chi connectivity index (χ3n) is 2.95. The van der Waals surface area contributed by atoms with Crippen molar-refractivity contribution >= 4 is 11.9 Å². The van der Waals surface area contributed by atoms with Gasteiger partial charge in [0.15, 0.2) is 0 Å². The summed E-state index contributed by atoms with van der Waals surface area (Å²) >= 11 is 0. The van der Waals surface area contributed by atoms with Gasteiger partial charge in [-0.2, -0.15) is 0 Å². The van der Waals surface area contributed by atoms with E-state index < -0.39 is 5.97 Å². The maximum absolute atomic E-state index is 11.9. The zero-order valence-corrected chi connectivity index (χ0v) is 12.5. The van der Waals surface area contributed by atoms with Crippen LogP contribution in [-0.4, -0.2) is 41.6 Å². The zero-order valence-electron chi connectivity index (χ0n) is 12.5. The zero-order chi connectivity index (χ0) is 15.8. The van der Waals surface area contributed by atoms with Crippen LogP contribution in [0.5, 0.6) is 5.75 Å². The molecule has 5 nitrogen and oxygen atoms in total. The summed E-state index contributed by atoms with van der Waals surface area (Å²) in [6.07, 6.45) is 1.64. The molecule has 5 heteroatoms. The normalized spacial score (nSPS) is 10.0. The highest BCUT2D eigenvalue weighted by Crippen LogP contribution is 2.19. The number of carboxylic acids is 1. The van der Waals surface area contributed by atoms with E-state index in [2.05, 4.69) is 6.58 Å². The number of rotatable bonds is 8. The molecule has 0 saturated carbocycles. The molecule has 1 aromatic carbocycles. The molecule has 1 aromatic rings. The van der Waals surface area contributed by atoms with Gasteiger partial charge in [0.05, 0.1) is 13.0 Å².